The van der Waals surface area contributed by atoms with Crippen LogP contribution in [0.2, 0.25) is 0 Å². The van der Waals surface area contributed by atoms with E-state index in [9.17, 15) is 4.79 Å². The predicted molar refractivity (Wildman–Crippen MR) is 114 cm³/mol. The normalized spacial score (nSPS) is 14.0. The summed E-state index contributed by atoms with van der Waals surface area (Å²) in [5.41, 5.74) is 2.40. The molecule has 2 heterocycles. The molecule has 0 aliphatic carbocycles. The van der Waals surface area contributed by atoms with Crippen molar-refractivity contribution in [1.29, 1.82) is 0 Å². The highest BCUT2D eigenvalue weighted by atomic mass is 16.5. The minimum Gasteiger partial charge on any atom is -0.497 e. The van der Waals surface area contributed by atoms with Gasteiger partial charge in [-0.05, 0) is 36.4 Å². The number of piperazine rings is 1. The second-order valence-electron chi connectivity index (χ2n) is 6.83. The molecule has 0 atom stereocenters. The zero-order valence-electron chi connectivity index (χ0n) is 16.6. The van der Waals surface area contributed by atoms with Crippen LogP contribution in [0.1, 0.15) is 0 Å². The van der Waals surface area contributed by atoms with Crippen molar-refractivity contribution in [1.82, 2.24) is 9.97 Å². The third kappa shape index (κ3) is 4.03. The van der Waals surface area contributed by atoms with Gasteiger partial charge in [0.05, 0.1) is 19.9 Å². The van der Waals surface area contributed by atoms with Crippen LogP contribution in [0.3, 0.4) is 0 Å². The number of methoxy groups -OCH3 is 2. The van der Waals surface area contributed by atoms with Gasteiger partial charge < -0.3 is 19.3 Å². The molecule has 1 aliphatic rings. The smallest absolute Gasteiger partial charge is 0.252 e. The molecule has 150 valence electrons. The van der Waals surface area contributed by atoms with Crippen LogP contribution in [0.25, 0.3) is 11.3 Å². The number of benzene rings is 2. The summed E-state index contributed by atoms with van der Waals surface area (Å²) in [6, 6.07) is 17.2. The summed E-state index contributed by atoms with van der Waals surface area (Å²) in [6.45, 7) is 3.22. The Hall–Kier alpha value is -3.48. The first kappa shape index (κ1) is 18.9. The van der Waals surface area contributed by atoms with E-state index in [1.807, 2.05) is 36.4 Å². The summed E-state index contributed by atoms with van der Waals surface area (Å²) in [5.74, 6) is 2.14. The third-order valence-corrected chi connectivity index (χ3v) is 5.13. The van der Waals surface area contributed by atoms with Gasteiger partial charge in [0.1, 0.15) is 11.5 Å². The topological polar surface area (TPSA) is 70.7 Å². The van der Waals surface area contributed by atoms with E-state index in [1.165, 1.54) is 6.07 Å². The number of aromatic nitrogens is 2. The molecule has 0 spiro atoms. The molecule has 1 aliphatic heterocycles. The second kappa shape index (κ2) is 8.26. The summed E-state index contributed by atoms with van der Waals surface area (Å²) in [5, 5.41) is 0. The van der Waals surface area contributed by atoms with Gasteiger partial charge in [0, 0.05) is 43.5 Å². The molecule has 1 fully saturated rings. The lowest BCUT2D eigenvalue weighted by molar-refractivity contribution is 0.415. The SMILES string of the molecule is COc1ccc(N2CCN(c3nc(-c4ccccc4OC)cc(=O)[nH]3)CC2)cc1. The van der Waals surface area contributed by atoms with Crippen molar-refractivity contribution >= 4 is 11.6 Å². The third-order valence-electron chi connectivity index (χ3n) is 5.13. The van der Waals surface area contributed by atoms with Gasteiger partial charge in [-0.15, -0.1) is 0 Å². The van der Waals surface area contributed by atoms with Crippen LogP contribution >= 0.6 is 0 Å². The highest BCUT2D eigenvalue weighted by Crippen LogP contribution is 2.28. The summed E-state index contributed by atoms with van der Waals surface area (Å²) < 4.78 is 10.7. The standard InChI is InChI=1S/C22H24N4O3/c1-28-17-9-7-16(8-10-17)25-11-13-26(14-12-25)22-23-19(15-21(27)24-22)18-5-3-4-6-20(18)29-2/h3-10,15H,11-14H2,1-2H3,(H,23,24,27). The van der Waals surface area contributed by atoms with E-state index < -0.39 is 0 Å². The number of aromatic amines is 1. The molecule has 1 aromatic heterocycles. The quantitative estimate of drug-likeness (QED) is 0.720. The molecule has 0 bridgehead atoms. The molecule has 7 nitrogen and oxygen atoms in total. The Morgan fingerprint density at radius 1 is 0.897 bits per heavy atom. The van der Waals surface area contributed by atoms with E-state index in [2.05, 4.69) is 26.9 Å². The number of H-pyrrole nitrogens is 1. The molecule has 0 radical (unpaired) electrons. The summed E-state index contributed by atoms with van der Waals surface area (Å²) in [4.78, 5) is 24.3. The maximum atomic E-state index is 12.3. The molecule has 0 amide bonds. The predicted octanol–water partition coefficient (Wildman–Crippen LogP) is 2.78. The number of nitrogens with zero attached hydrogens (tertiary/aromatic N) is 3. The fraction of sp³-hybridized carbons (Fsp3) is 0.273. The number of para-hydroxylation sites is 1. The van der Waals surface area contributed by atoms with Crippen LogP contribution in [-0.2, 0) is 0 Å². The Morgan fingerprint density at radius 2 is 1.59 bits per heavy atom. The number of anilines is 2. The fourth-order valence-electron chi connectivity index (χ4n) is 3.56. The number of nitrogens with one attached hydrogen (secondary N) is 1. The number of ether oxygens (including phenoxy) is 2. The van der Waals surface area contributed by atoms with E-state index >= 15 is 0 Å². The van der Waals surface area contributed by atoms with Crippen LogP contribution in [0.15, 0.2) is 59.4 Å². The first-order valence-corrected chi connectivity index (χ1v) is 9.56. The molecule has 4 rings (SSSR count). The summed E-state index contributed by atoms with van der Waals surface area (Å²) in [6.07, 6.45) is 0. The maximum absolute atomic E-state index is 12.3. The molecule has 0 unspecified atom stereocenters. The Kier molecular flexibility index (Phi) is 5.37. The van der Waals surface area contributed by atoms with Crippen molar-refractivity contribution in [3.8, 4) is 22.8 Å². The van der Waals surface area contributed by atoms with Crippen molar-refractivity contribution < 1.29 is 9.47 Å². The minimum atomic E-state index is -0.173. The molecule has 3 aromatic rings. The summed E-state index contributed by atoms with van der Waals surface area (Å²) in [7, 11) is 3.28. The van der Waals surface area contributed by atoms with Crippen LogP contribution in [0, 0.1) is 0 Å². The van der Waals surface area contributed by atoms with E-state index in [1.54, 1.807) is 14.2 Å². The number of rotatable bonds is 5. The van der Waals surface area contributed by atoms with Crippen LogP contribution in [0.4, 0.5) is 11.6 Å². The van der Waals surface area contributed by atoms with Gasteiger partial charge in [0.2, 0.25) is 5.95 Å². The first-order valence-electron chi connectivity index (χ1n) is 9.56. The largest absolute Gasteiger partial charge is 0.497 e. The van der Waals surface area contributed by atoms with Crippen LogP contribution in [-0.4, -0.2) is 50.4 Å². The highest BCUT2D eigenvalue weighted by molar-refractivity contribution is 5.67. The number of hydrogen-bond donors (Lipinski definition) is 1. The first-order chi connectivity index (χ1) is 14.2. The molecular weight excluding hydrogens is 368 g/mol. The molecule has 1 saturated heterocycles. The zero-order chi connectivity index (χ0) is 20.2. The van der Waals surface area contributed by atoms with E-state index in [4.69, 9.17) is 14.5 Å². The van der Waals surface area contributed by atoms with E-state index in [0.29, 0.717) is 17.4 Å². The van der Waals surface area contributed by atoms with Crippen molar-refractivity contribution in [2.24, 2.45) is 0 Å². The highest BCUT2D eigenvalue weighted by Gasteiger charge is 2.20. The van der Waals surface area contributed by atoms with Crippen molar-refractivity contribution in [3.05, 3.63) is 65.0 Å². The molecule has 7 heteroatoms. The van der Waals surface area contributed by atoms with Crippen molar-refractivity contribution in [2.45, 2.75) is 0 Å². The molecule has 2 aromatic carbocycles. The second-order valence-corrected chi connectivity index (χ2v) is 6.83. The summed E-state index contributed by atoms with van der Waals surface area (Å²) >= 11 is 0. The Morgan fingerprint density at radius 3 is 2.28 bits per heavy atom. The Bertz CT molecular complexity index is 1020. The van der Waals surface area contributed by atoms with Crippen molar-refractivity contribution in [3.63, 3.8) is 0 Å². The van der Waals surface area contributed by atoms with E-state index in [0.717, 1.165) is 43.2 Å². The van der Waals surface area contributed by atoms with Gasteiger partial charge in [0.15, 0.2) is 0 Å². The molecule has 0 saturated carbocycles. The lowest BCUT2D eigenvalue weighted by atomic mass is 10.1. The molecule has 1 N–H and O–H groups in total. The van der Waals surface area contributed by atoms with Gasteiger partial charge in [-0.2, -0.15) is 0 Å². The monoisotopic (exact) mass is 392 g/mol. The Labute approximate surface area is 169 Å². The average Bonchev–Trinajstić information content (AvgIpc) is 2.79. The van der Waals surface area contributed by atoms with Crippen molar-refractivity contribution in [2.75, 3.05) is 50.2 Å². The van der Waals surface area contributed by atoms with Crippen LogP contribution in [0.5, 0.6) is 11.5 Å². The van der Waals surface area contributed by atoms with Gasteiger partial charge in [0.25, 0.3) is 5.56 Å². The van der Waals surface area contributed by atoms with Gasteiger partial charge >= 0.3 is 0 Å². The van der Waals surface area contributed by atoms with Gasteiger partial charge in [-0.3, -0.25) is 9.78 Å². The van der Waals surface area contributed by atoms with E-state index in [-0.39, 0.29) is 5.56 Å². The average molecular weight is 392 g/mol. The lowest BCUT2D eigenvalue weighted by Crippen LogP contribution is -2.47. The van der Waals surface area contributed by atoms with Crippen LogP contribution < -0.4 is 24.8 Å². The molecule has 29 heavy (non-hydrogen) atoms. The van der Waals surface area contributed by atoms with Gasteiger partial charge in [-0.25, -0.2) is 4.98 Å². The van der Waals surface area contributed by atoms with Gasteiger partial charge in [-0.1, -0.05) is 12.1 Å². The Balaban J connectivity index is 1.52. The lowest BCUT2D eigenvalue weighted by Gasteiger charge is -2.36. The zero-order valence-corrected chi connectivity index (χ0v) is 16.6. The molecular formula is C22H24N4O3. The maximum Gasteiger partial charge on any atom is 0.252 e. The fourth-order valence-corrected chi connectivity index (χ4v) is 3.56. The number of hydrogen-bond acceptors (Lipinski definition) is 6. The minimum absolute atomic E-state index is 0.173.